The van der Waals surface area contributed by atoms with Crippen LogP contribution in [0.15, 0.2) is 41.3 Å². The number of nitrogens with one attached hydrogen (secondary N) is 3. The summed E-state index contributed by atoms with van der Waals surface area (Å²) in [5.41, 5.74) is -0.736. The Morgan fingerprint density at radius 3 is 2.57 bits per heavy atom. The van der Waals surface area contributed by atoms with Crippen LogP contribution in [0.1, 0.15) is 94.1 Å². The minimum atomic E-state index is -1.33. The molecule has 12 heteroatoms. The van der Waals surface area contributed by atoms with E-state index in [4.69, 9.17) is 27.6 Å². The average Bonchev–Trinajstić information content (AvgIpc) is 3.70. The quantitative estimate of drug-likeness (QED) is 0.297. The molecular weight excluding hydrogens is 606 g/mol. The van der Waals surface area contributed by atoms with Gasteiger partial charge in [0.25, 0.3) is 0 Å². The molecule has 2 aliphatic heterocycles. The van der Waals surface area contributed by atoms with E-state index in [1.165, 1.54) is 12.5 Å². The molecule has 3 N–H and O–H groups in total. The molecule has 3 atom stereocenters. The van der Waals surface area contributed by atoms with Gasteiger partial charge in [-0.1, -0.05) is 49.2 Å². The fraction of sp³-hybridized carbons (Fsp3) is 0.531. The SMILES string of the molecule is CC1(C)CCC2(CC1)N[C@@H](C(=O)NC1CCC(c3nnco3)CC1)[C@H](c1cccc(Cl)c1F)C21C(=O)Nc2cc(Cl)ncc21. The number of halogens is 3. The van der Waals surface area contributed by atoms with Crippen molar-refractivity contribution in [3.8, 4) is 0 Å². The monoisotopic (exact) mass is 640 g/mol. The normalized spacial score (nSPS) is 30.3. The van der Waals surface area contributed by atoms with E-state index < -0.39 is 28.7 Å². The van der Waals surface area contributed by atoms with Crippen LogP contribution in [-0.4, -0.2) is 44.6 Å². The van der Waals surface area contributed by atoms with Gasteiger partial charge in [0, 0.05) is 40.9 Å². The summed E-state index contributed by atoms with van der Waals surface area (Å²) in [6, 6.07) is 5.43. The second-order valence-electron chi connectivity index (χ2n) is 13.6. The van der Waals surface area contributed by atoms with Crippen LogP contribution < -0.4 is 16.0 Å². The average molecular weight is 642 g/mol. The van der Waals surface area contributed by atoms with E-state index in [1.54, 1.807) is 24.4 Å². The van der Waals surface area contributed by atoms with Gasteiger partial charge in [0.15, 0.2) is 0 Å². The number of benzene rings is 1. The van der Waals surface area contributed by atoms with E-state index in [-0.39, 0.29) is 44.9 Å². The van der Waals surface area contributed by atoms with Gasteiger partial charge in [0.05, 0.1) is 11.1 Å². The van der Waals surface area contributed by atoms with Crippen molar-refractivity contribution in [2.24, 2.45) is 5.41 Å². The Morgan fingerprint density at radius 1 is 1.11 bits per heavy atom. The molecule has 3 fully saturated rings. The molecule has 0 radical (unpaired) electrons. The van der Waals surface area contributed by atoms with E-state index in [1.807, 2.05) is 0 Å². The summed E-state index contributed by atoms with van der Waals surface area (Å²) >= 11 is 12.6. The largest absolute Gasteiger partial charge is 0.428 e. The lowest BCUT2D eigenvalue weighted by molar-refractivity contribution is -0.125. The standard InChI is InChI=1S/C32H35Cl2FN6O3/c1-30(2)10-12-31(13-11-30)32(20-15-36-23(34)14-22(20)39-29(32)43)24(19-4-3-5-21(33)25(19)35)26(40-31)27(42)38-18-8-6-17(7-9-18)28-41-37-16-44-28/h3-5,14-18,24,26,40H,6-13H2,1-2H3,(H,38,42)(H,39,43)/t17?,18?,24-,26+,32?/m0/s1. The van der Waals surface area contributed by atoms with Crippen molar-refractivity contribution in [2.45, 2.75) is 100 Å². The van der Waals surface area contributed by atoms with Gasteiger partial charge in [-0.25, -0.2) is 9.37 Å². The first-order valence-corrected chi connectivity index (χ1v) is 16.1. The number of hydrogen-bond donors (Lipinski definition) is 3. The predicted molar refractivity (Wildman–Crippen MR) is 163 cm³/mol. The van der Waals surface area contributed by atoms with Crippen molar-refractivity contribution in [3.63, 3.8) is 0 Å². The maximum Gasteiger partial charge on any atom is 0.238 e. The number of amides is 2. The zero-order valence-electron chi connectivity index (χ0n) is 24.6. The minimum absolute atomic E-state index is 0.0540. The Labute approximate surface area is 265 Å². The summed E-state index contributed by atoms with van der Waals surface area (Å²) in [4.78, 5) is 33.4. The topological polar surface area (TPSA) is 122 Å². The fourth-order valence-electron chi connectivity index (χ4n) is 8.43. The maximum atomic E-state index is 16.1. The van der Waals surface area contributed by atoms with Crippen LogP contribution >= 0.6 is 23.2 Å². The number of aromatic nitrogens is 3. The summed E-state index contributed by atoms with van der Waals surface area (Å²) in [5.74, 6) is -1.31. The molecule has 2 saturated carbocycles. The number of pyridine rings is 1. The van der Waals surface area contributed by atoms with Crippen molar-refractivity contribution in [1.29, 1.82) is 0 Å². The number of nitrogens with zero attached hydrogens (tertiary/aromatic N) is 3. The molecule has 232 valence electrons. The Bertz CT molecular complexity index is 1600. The molecule has 2 aromatic heterocycles. The number of carbonyl (C=O) groups excluding carboxylic acids is 2. The zero-order chi connectivity index (χ0) is 30.9. The molecule has 2 aliphatic carbocycles. The molecule has 3 aromatic rings. The summed E-state index contributed by atoms with van der Waals surface area (Å²) in [6.07, 6.45) is 8.90. The molecule has 1 aromatic carbocycles. The summed E-state index contributed by atoms with van der Waals surface area (Å²) in [5, 5.41) is 18.1. The Morgan fingerprint density at radius 2 is 1.86 bits per heavy atom. The van der Waals surface area contributed by atoms with Gasteiger partial charge in [-0.2, -0.15) is 0 Å². The summed E-state index contributed by atoms with van der Waals surface area (Å²) in [6.45, 7) is 4.43. The second kappa shape index (κ2) is 10.8. The Kier molecular flexibility index (Phi) is 7.25. The summed E-state index contributed by atoms with van der Waals surface area (Å²) < 4.78 is 21.5. The molecule has 1 unspecified atom stereocenters. The van der Waals surface area contributed by atoms with Crippen molar-refractivity contribution in [2.75, 3.05) is 5.32 Å². The third-order valence-electron chi connectivity index (χ3n) is 10.7. The highest BCUT2D eigenvalue weighted by molar-refractivity contribution is 6.31. The molecule has 4 aliphatic rings. The van der Waals surface area contributed by atoms with Crippen molar-refractivity contribution >= 4 is 40.7 Å². The molecule has 9 nitrogen and oxygen atoms in total. The third kappa shape index (κ3) is 4.55. The lowest BCUT2D eigenvalue weighted by Crippen LogP contribution is -2.61. The molecule has 4 heterocycles. The van der Waals surface area contributed by atoms with Crippen LogP contribution in [0.4, 0.5) is 10.1 Å². The van der Waals surface area contributed by atoms with Gasteiger partial charge in [0.1, 0.15) is 16.4 Å². The molecule has 2 amide bonds. The Balaban J connectivity index is 1.31. The van der Waals surface area contributed by atoms with Crippen LogP contribution in [0.3, 0.4) is 0 Å². The first-order chi connectivity index (χ1) is 21.0. The van der Waals surface area contributed by atoms with E-state index in [9.17, 15) is 9.59 Å². The smallest absolute Gasteiger partial charge is 0.238 e. The minimum Gasteiger partial charge on any atom is -0.428 e. The highest BCUT2D eigenvalue weighted by Gasteiger charge is 2.73. The highest BCUT2D eigenvalue weighted by atomic mass is 35.5. The van der Waals surface area contributed by atoms with Crippen LogP contribution in [0.25, 0.3) is 0 Å². The van der Waals surface area contributed by atoms with E-state index in [0.717, 1.165) is 38.5 Å². The number of carbonyl (C=O) groups is 2. The van der Waals surface area contributed by atoms with Crippen LogP contribution in [-0.2, 0) is 15.0 Å². The van der Waals surface area contributed by atoms with Gasteiger partial charge in [-0.3, -0.25) is 14.9 Å². The van der Waals surface area contributed by atoms with E-state index in [0.29, 0.717) is 30.0 Å². The highest BCUT2D eigenvalue weighted by Crippen LogP contribution is 2.64. The molecular formula is C32H35Cl2FN6O3. The Hall–Kier alpha value is -3.08. The lowest BCUT2D eigenvalue weighted by atomic mass is 9.53. The molecule has 7 rings (SSSR count). The molecule has 44 heavy (non-hydrogen) atoms. The number of rotatable bonds is 4. The van der Waals surface area contributed by atoms with Gasteiger partial charge in [-0.05, 0) is 74.5 Å². The molecule has 2 spiro atoms. The third-order valence-corrected chi connectivity index (χ3v) is 11.2. The van der Waals surface area contributed by atoms with Crippen LogP contribution in [0.5, 0.6) is 0 Å². The summed E-state index contributed by atoms with van der Waals surface area (Å²) in [7, 11) is 0. The van der Waals surface area contributed by atoms with E-state index in [2.05, 4.69) is 45.0 Å². The molecule has 1 saturated heterocycles. The zero-order valence-corrected chi connectivity index (χ0v) is 26.1. The van der Waals surface area contributed by atoms with Crippen LogP contribution in [0.2, 0.25) is 10.2 Å². The van der Waals surface area contributed by atoms with Crippen molar-refractivity contribution in [3.05, 3.63) is 69.9 Å². The maximum absolute atomic E-state index is 16.1. The van der Waals surface area contributed by atoms with E-state index >= 15 is 4.39 Å². The molecule has 0 bridgehead atoms. The number of fused-ring (bicyclic) bond motifs is 3. The fourth-order valence-corrected chi connectivity index (χ4v) is 8.77. The van der Waals surface area contributed by atoms with Crippen LogP contribution in [0, 0.1) is 11.2 Å². The lowest BCUT2D eigenvalue weighted by Gasteiger charge is -2.50. The first kappa shape index (κ1) is 29.6. The number of anilines is 1. The van der Waals surface area contributed by atoms with Crippen molar-refractivity contribution < 1.29 is 18.4 Å². The van der Waals surface area contributed by atoms with Gasteiger partial charge in [-0.15, -0.1) is 10.2 Å². The predicted octanol–water partition coefficient (Wildman–Crippen LogP) is 6.04. The van der Waals surface area contributed by atoms with Gasteiger partial charge < -0.3 is 15.1 Å². The van der Waals surface area contributed by atoms with Gasteiger partial charge >= 0.3 is 0 Å². The van der Waals surface area contributed by atoms with Crippen molar-refractivity contribution in [1.82, 2.24) is 25.8 Å². The van der Waals surface area contributed by atoms with Gasteiger partial charge in [0.2, 0.25) is 24.1 Å². The number of hydrogen-bond acceptors (Lipinski definition) is 7. The second-order valence-corrected chi connectivity index (χ2v) is 14.4. The first-order valence-electron chi connectivity index (χ1n) is 15.3.